The molecule has 0 fully saturated rings. The van der Waals surface area contributed by atoms with E-state index in [1.807, 2.05) is 0 Å². The van der Waals surface area contributed by atoms with Gasteiger partial charge in [-0.3, -0.25) is 14.9 Å². The number of aromatic hydroxyl groups is 2. The van der Waals surface area contributed by atoms with Crippen molar-refractivity contribution in [1.82, 2.24) is 0 Å². The van der Waals surface area contributed by atoms with Crippen LogP contribution in [0.4, 0.5) is 5.69 Å². The van der Waals surface area contributed by atoms with Crippen LogP contribution in [0.2, 0.25) is 0 Å². The predicted octanol–water partition coefficient (Wildman–Crippen LogP) is 2.86. The van der Waals surface area contributed by atoms with Crippen LogP contribution >= 0.6 is 0 Å². The molecule has 0 bridgehead atoms. The number of benzene rings is 2. The zero-order chi connectivity index (χ0) is 16.4. The number of carbonyl (C=O) groups excluding carboxylic acids is 1. The first-order valence-corrected chi connectivity index (χ1v) is 6.59. The standard InChI is InChI=1S/C15H15NO6/c1-8(2)15(19)22-7-10-4-12-9(5-13(10)16(20)21)3-11(17)6-14(12)18/h3-6,8,17-18H,7H2,1-2H3. The molecule has 0 radical (unpaired) electrons. The Bertz CT molecular complexity index is 753. The van der Waals surface area contributed by atoms with Crippen LogP contribution in [0, 0.1) is 16.0 Å². The first-order valence-electron chi connectivity index (χ1n) is 6.59. The summed E-state index contributed by atoms with van der Waals surface area (Å²) in [5, 5.41) is 31.1. The molecule has 2 rings (SSSR count). The van der Waals surface area contributed by atoms with Crippen molar-refractivity contribution in [2.45, 2.75) is 20.5 Å². The first kappa shape index (κ1) is 15.6. The lowest BCUT2D eigenvalue weighted by Crippen LogP contribution is -2.12. The molecule has 22 heavy (non-hydrogen) atoms. The van der Waals surface area contributed by atoms with Gasteiger partial charge in [0, 0.05) is 17.5 Å². The number of phenols is 2. The van der Waals surface area contributed by atoms with Gasteiger partial charge in [-0.25, -0.2) is 0 Å². The third-order valence-corrected chi connectivity index (χ3v) is 3.15. The van der Waals surface area contributed by atoms with E-state index in [0.29, 0.717) is 10.8 Å². The molecule has 0 saturated carbocycles. The summed E-state index contributed by atoms with van der Waals surface area (Å²) < 4.78 is 5.02. The van der Waals surface area contributed by atoms with Crippen LogP contribution in [0.1, 0.15) is 19.4 Å². The highest BCUT2D eigenvalue weighted by atomic mass is 16.6. The summed E-state index contributed by atoms with van der Waals surface area (Å²) in [6, 6.07) is 5.06. The highest BCUT2D eigenvalue weighted by Crippen LogP contribution is 2.34. The van der Waals surface area contributed by atoms with E-state index in [2.05, 4.69) is 0 Å². The normalized spacial score (nSPS) is 10.9. The molecule has 0 atom stereocenters. The highest BCUT2D eigenvalue weighted by Gasteiger charge is 2.19. The average molecular weight is 305 g/mol. The van der Waals surface area contributed by atoms with Gasteiger partial charge < -0.3 is 14.9 Å². The van der Waals surface area contributed by atoms with E-state index >= 15 is 0 Å². The molecule has 2 N–H and O–H groups in total. The zero-order valence-electron chi connectivity index (χ0n) is 12.1. The highest BCUT2D eigenvalue weighted by molar-refractivity contribution is 5.92. The number of phenolic OH excluding ortho intramolecular Hbond substituents is 2. The van der Waals surface area contributed by atoms with Gasteiger partial charge in [0.25, 0.3) is 5.69 Å². The predicted molar refractivity (Wildman–Crippen MR) is 78.6 cm³/mol. The molecule has 0 spiro atoms. The fourth-order valence-corrected chi connectivity index (χ4v) is 2.01. The Kier molecular flexibility index (Phi) is 4.16. The Labute approximate surface area is 125 Å². The van der Waals surface area contributed by atoms with Crippen LogP contribution in [-0.4, -0.2) is 21.1 Å². The van der Waals surface area contributed by atoms with Crippen LogP contribution in [-0.2, 0) is 16.1 Å². The summed E-state index contributed by atoms with van der Waals surface area (Å²) >= 11 is 0. The van der Waals surface area contributed by atoms with Crippen molar-refractivity contribution in [3.63, 3.8) is 0 Å². The first-order chi connectivity index (χ1) is 10.3. The van der Waals surface area contributed by atoms with Crippen LogP contribution in [0.3, 0.4) is 0 Å². The minimum Gasteiger partial charge on any atom is -0.508 e. The minimum absolute atomic E-state index is 0.174. The van der Waals surface area contributed by atoms with E-state index in [9.17, 15) is 25.1 Å². The van der Waals surface area contributed by atoms with E-state index in [0.717, 1.165) is 6.07 Å². The van der Waals surface area contributed by atoms with Crippen LogP contribution < -0.4 is 0 Å². The van der Waals surface area contributed by atoms with Gasteiger partial charge in [0.1, 0.15) is 18.1 Å². The monoisotopic (exact) mass is 305 g/mol. The summed E-state index contributed by atoms with van der Waals surface area (Å²) in [6.07, 6.45) is 0. The van der Waals surface area contributed by atoms with Gasteiger partial charge in [0.05, 0.1) is 16.4 Å². The average Bonchev–Trinajstić information content (AvgIpc) is 2.43. The molecule has 2 aromatic rings. The molecular formula is C15H15NO6. The smallest absolute Gasteiger partial charge is 0.308 e. The second kappa shape index (κ2) is 5.88. The summed E-state index contributed by atoms with van der Waals surface area (Å²) in [7, 11) is 0. The molecule has 0 amide bonds. The summed E-state index contributed by atoms with van der Waals surface area (Å²) in [5.74, 6) is -1.21. The van der Waals surface area contributed by atoms with Crippen molar-refractivity contribution in [3.8, 4) is 11.5 Å². The van der Waals surface area contributed by atoms with E-state index in [4.69, 9.17) is 4.74 Å². The number of rotatable bonds is 4. The number of nitro benzene ring substituents is 1. The second-order valence-electron chi connectivity index (χ2n) is 5.19. The van der Waals surface area contributed by atoms with Crippen molar-refractivity contribution in [1.29, 1.82) is 0 Å². The fraction of sp³-hybridized carbons (Fsp3) is 0.267. The Morgan fingerprint density at radius 3 is 2.55 bits per heavy atom. The lowest BCUT2D eigenvalue weighted by atomic mass is 10.0. The lowest BCUT2D eigenvalue weighted by Gasteiger charge is -2.10. The Hall–Kier alpha value is -2.83. The molecule has 2 aromatic carbocycles. The molecule has 0 aromatic heterocycles. The second-order valence-corrected chi connectivity index (χ2v) is 5.19. The SMILES string of the molecule is CC(C)C(=O)OCc1cc2c(O)cc(O)cc2cc1[N+](=O)[O-]. The molecule has 0 unspecified atom stereocenters. The number of hydrogen-bond acceptors (Lipinski definition) is 6. The lowest BCUT2D eigenvalue weighted by molar-refractivity contribution is -0.385. The number of carbonyl (C=O) groups is 1. The number of nitro groups is 1. The van der Waals surface area contributed by atoms with Crippen molar-refractivity contribution in [3.05, 3.63) is 39.9 Å². The van der Waals surface area contributed by atoms with Crippen LogP contribution in [0.25, 0.3) is 10.8 Å². The van der Waals surface area contributed by atoms with Gasteiger partial charge in [-0.2, -0.15) is 0 Å². The van der Waals surface area contributed by atoms with Gasteiger partial charge in [0.15, 0.2) is 0 Å². The summed E-state index contributed by atoms with van der Waals surface area (Å²) in [5.41, 5.74) is -0.0680. The van der Waals surface area contributed by atoms with Crippen LogP contribution in [0.15, 0.2) is 24.3 Å². The molecule has 0 aliphatic heterocycles. The van der Waals surface area contributed by atoms with Crippen molar-refractivity contribution in [2.75, 3.05) is 0 Å². The topological polar surface area (TPSA) is 110 Å². The largest absolute Gasteiger partial charge is 0.508 e. The van der Waals surface area contributed by atoms with Gasteiger partial charge in [-0.1, -0.05) is 13.8 Å². The Morgan fingerprint density at radius 1 is 1.27 bits per heavy atom. The maximum absolute atomic E-state index is 11.5. The molecule has 0 heterocycles. The number of nitrogens with zero attached hydrogens (tertiary/aromatic N) is 1. The molecular weight excluding hydrogens is 290 g/mol. The molecule has 116 valence electrons. The van der Waals surface area contributed by atoms with Crippen LogP contribution in [0.5, 0.6) is 11.5 Å². The quantitative estimate of drug-likeness (QED) is 0.510. The van der Waals surface area contributed by atoms with Gasteiger partial charge in [-0.05, 0) is 17.5 Å². The molecule has 0 saturated heterocycles. The Balaban J connectivity index is 2.49. The number of esters is 1. The van der Waals surface area contributed by atoms with E-state index in [1.54, 1.807) is 13.8 Å². The van der Waals surface area contributed by atoms with Gasteiger partial charge >= 0.3 is 5.97 Å². The third kappa shape index (κ3) is 3.08. The summed E-state index contributed by atoms with van der Waals surface area (Å²) in [4.78, 5) is 22.1. The van der Waals surface area contributed by atoms with E-state index < -0.39 is 10.9 Å². The van der Waals surface area contributed by atoms with Gasteiger partial charge in [-0.15, -0.1) is 0 Å². The van der Waals surface area contributed by atoms with E-state index in [-0.39, 0.29) is 35.3 Å². The van der Waals surface area contributed by atoms with Crippen molar-refractivity contribution in [2.24, 2.45) is 5.92 Å². The van der Waals surface area contributed by atoms with E-state index in [1.165, 1.54) is 18.2 Å². The minimum atomic E-state index is -0.598. The molecule has 7 nitrogen and oxygen atoms in total. The van der Waals surface area contributed by atoms with Crippen molar-refractivity contribution >= 4 is 22.4 Å². The third-order valence-electron chi connectivity index (χ3n) is 3.15. The molecule has 0 aliphatic rings. The number of fused-ring (bicyclic) bond motifs is 1. The Morgan fingerprint density at radius 2 is 1.95 bits per heavy atom. The zero-order valence-corrected chi connectivity index (χ0v) is 12.1. The number of ether oxygens (including phenoxy) is 1. The maximum Gasteiger partial charge on any atom is 0.308 e. The molecule has 0 aliphatic carbocycles. The number of hydrogen-bond donors (Lipinski definition) is 2. The summed E-state index contributed by atoms with van der Waals surface area (Å²) in [6.45, 7) is 3.06. The molecule has 7 heteroatoms. The maximum atomic E-state index is 11.5. The van der Waals surface area contributed by atoms with Crippen molar-refractivity contribution < 1.29 is 24.7 Å². The fourth-order valence-electron chi connectivity index (χ4n) is 2.01. The van der Waals surface area contributed by atoms with Gasteiger partial charge in [0.2, 0.25) is 0 Å².